The van der Waals surface area contributed by atoms with Gasteiger partial charge in [-0.25, -0.2) is 4.79 Å². The first-order valence-electron chi connectivity index (χ1n) is 4.32. The van der Waals surface area contributed by atoms with Crippen molar-refractivity contribution in [2.75, 3.05) is 7.11 Å². The number of amides is 2. The number of hydrogen-bond donors (Lipinski definition) is 2. The van der Waals surface area contributed by atoms with Crippen LogP contribution in [0.25, 0.3) is 0 Å². The number of rotatable bonds is 3. The minimum atomic E-state index is -1.53. The van der Waals surface area contributed by atoms with Gasteiger partial charge in [-0.2, -0.15) is 0 Å². The second-order valence-electron chi connectivity index (χ2n) is 2.90. The summed E-state index contributed by atoms with van der Waals surface area (Å²) in [7, 11) is 1.25. The zero-order valence-corrected chi connectivity index (χ0v) is 9.89. The Morgan fingerprint density at radius 3 is 2.50 bits per heavy atom. The molecule has 0 bridgehead atoms. The molecule has 8 nitrogen and oxygen atoms in total. The molecule has 0 fully saturated rings. The van der Waals surface area contributed by atoms with Crippen LogP contribution in [0.1, 0.15) is 10.4 Å². The molecule has 0 heterocycles. The normalized spacial score (nSPS) is 8.94. The third-order valence-electron chi connectivity index (χ3n) is 1.86. The first-order valence-corrected chi connectivity index (χ1v) is 4.32. The lowest BCUT2D eigenvalue weighted by molar-refractivity contribution is -0.385. The van der Waals surface area contributed by atoms with Gasteiger partial charge >= 0.3 is 11.8 Å². The van der Waals surface area contributed by atoms with Gasteiger partial charge in [-0.3, -0.25) is 20.2 Å². The van der Waals surface area contributed by atoms with Gasteiger partial charge in [-0.1, -0.05) is 0 Å². The fraction of sp³-hybridized carbons (Fsp3) is 0.111. The number of halogens is 1. The molecule has 0 aliphatic carbocycles. The maximum absolute atomic E-state index is 11.3. The molecule has 18 heavy (non-hydrogen) atoms. The Morgan fingerprint density at radius 2 is 2.06 bits per heavy atom. The molecule has 1 aromatic carbocycles. The Hall–Kier alpha value is -2.35. The van der Waals surface area contributed by atoms with Gasteiger partial charge in [0.05, 0.1) is 12.0 Å². The topological polar surface area (TPSA) is 119 Å². The van der Waals surface area contributed by atoms with Gasteiger partial charge in [-0.05, 0) is 12.1 Å². The summed E-state index contributed by atoms with van der Waals surface area (Å²) in [6, 6.07) is 3.39. The van der Waals surface area contributed by atoms with Gasteiger partial charge in [-0.15, -0.1) is 12.4 Å². The summed E-state index contributed by atoms with van der Waals surface area (Å²) in [5.74, 6) is -0.954. The fourth-order valence-electron chi connectivity index (χ4n) is 1.14. The predicted octanol–water partition coefficient (Wildman–Crippen LogP) is 1.43. The number of hydrogen-bond acceptors (Lipinski definition) is 5. The lowest BCUT2D eigenvalue weighted by Gasteiger charge is -2.03. The van der Waals surface area contributed by atoms with Crippen molar-refractivity contribution >= 4 is 30.1 Å². The third kappa shape index (κ3) is 3.59. The molecule has 2 amide bonds. The van der Waals surface area contributed by atoms with E-state index in [1.807, 2.05) is 0 Å². The number of nitrogens with zero attached hydrogens (tertiary/aromatic N) is 1. The van der Waals surface area contributed by atoms with Crippen LogP contribution in [0.5, 0.6) is 5.75 Å². The Balaban J connectivity index is 0.00000289. The number of methoxy groups -OCH3 is 1. The Morgan fingerprint density at radius 1 is 1.44 bits per heavy atom. The molecule has 0 aliphatic rings. The Kier molecular flexibility index (Phi) is 5.57. The van der Waals surface area contributed by atoms with Crippen molar-refractivity contribution in [1.29, 1.82) is 0 Å². The average molecular weight is 277 g/mol. The maximum Gasteiger partial charge on any atom is 0.411 e. The van der Waals surface area contributed by atoms with E-state index in [-0.39, 0.29) is 23.7 Å². The van der Waals surface area contributed by atoms with Crippen LogP contribution in [0.3, 0.4) is 0 Å². The van der Waals surface area contributed by atoms with Gasteiger partial charge < -0.3 is 9.84 Å². The molecule has 0 unspecified atom stereocenters. The van der Waals surface area contributed by atoms with Crippen molar-refractivity contribution in [3.63, 3.8) is 0 Å². The van der Waals surface area contributed by atoms with Gasteiger partial charge in [0.2, 0.25) is 0 Å². The molecular weight excluding hydrogens is 268 g/mol. The largest absolute Gasteiger partial charge is 0.490 e. The van der Waals surface area contributed by atoms with Crippen LogP contribution < -0.4 is 10.1 Å². The van der Waals surface area contributed by atoms with E-state index in [4.69, 9.17) is 9.84 Å². The number of imide groups is 1. The number of nitro groups is 1. The molecule has 0 aromatic heterocycles. The quantitative estimate of drug-likeness (QED) is 0.637. The number of ether oxygens (including phenoxy) is 1. The van der Waals surface area contributed by atoms with Crippen molar-refractivity contribution in [3.05, 3.63) is 33.9 Å². The standard InChI is InChI=1S/C9H8N2O6.ClH/c1-17-7-3-2-5(4-6(7)11(15)16)8(12)10-9(13)14;/h2-4H,1H3,(H,10,12)(H,13,14);1H. The highest BCUT2D eigenvalue weighted by atomic mass is 35.5. The van der Waals surface area contributed by atoms with Crippen molar-refractivity contribution in [1.82, 2.24) is 5.32 Å². The number of carbonyl (C=O) groups excluding carboxylic acids is 1. The molecule has 0 saturated carbocycles. The van der Waals surface area contributed by atoms with Crippen LogP contribution in [-0.4, -0.2) is 29.1 Å². The molecule has 2 N–H and O–H groups in total. The fourth-order valence-corrected chi connectivity index (χ4v) is 1.14. The van der Waals surface area contributed by atoms with E-state index in [2.05, 4.69) is 0 Å². The number of nitro benzene ring substituents is 1. The molecular formula is C9H9ClN2O6. The summed E-state index contributed by atoms with van der Waals surface area (Å²) in [5, 5.41) is 20.6. The molecule has 9 heteroatoms. The predicted molar refractivity (Wildman–Crippen MR) is 62.4 cm³/mol. The van der Waals surface area contributed by atoms with Crippen LogP contribution >= 0.6 is 12.4 Å². The zero-order valence-electron chi connectivity index (χ0n) is 9.08. The van der Waals surface area contributed by atoms with Crippen molar-refractivity contribution < 1.29 is 24.4 Å². The summed E-state index contributed by atoms with van der Waals surface area (Å²) >= 11 is 0. The average Bonchev–Trinajstić information content (AvgIpc) is 2.27. The molecule has 1 rings (SSSR count). The van der Waals surface area contributed by atoms with E-state index in [1.54, 1.807) is 5.32 Å². The second kappa shape index (κ2) is 6.40. The van der Waals surface area contributed by atoms with Gasteiger partial charge in [0.15, 0.2) is 5.75 Å². The highest BCUT2D eigenvalue weighted by Gasteiger charge is 2.18. The minimum Gasteiger partial charge on any atom is -0.490 e. The minimum absolute atomic E-state index is 0. The van der Waals surface area contributed by atoms with E-state index >= 15 is 0 Å². The van der Waals surface area contributed by atoms with Gasteiger partial charge in [0.25, 0.3) is 5.91 Å². The van der Waals surface area contributed by atoms with Crippen molar-refractivity contribution in [2.24, 2.45) is 0 Å². The van der Waals surface area contributed by atoms with Gasteiger partial charge in [0.1, 0.15) is 0 Å². The van der Waals surface area contributed by atoms with E-state index in [0.717, 1.165) is 6.07 Å². The molecule has 98 valence electrons. The summed E-state index contributed by atoms with van der Waals surface area (Å²) in [4.78, 5) is 31.4. The second-order valence-corrected chi connectivity index (χ2v) is 2.90. The summed E-state index contributed by atoms with van der Waals surface area (Å²) in [6.45, 7) is 0. The molecule has 1 aromatic rings. The summed E-state index contributed by atoms with van der Waals surface area (Å²) in [6.07, 6.45) is -1.53. The Bertz CT molecular complexity index is 490. The highest BCUT2D eigenvalue weighted by Crippen LogP contribution is 2.27. The third-order valence-corrected chi connectivity index (χ3v) is 1.86. The summed E-state index contributed by atoms with van der Waals surface area (Å²) in [5.41, 5.74) is -0.551. The van der Waals surface area contributed by atoms with Crippen molar-refractivity contribution in [3.8, 4) is 5.75 Å². The molecule has 0 spiro atoms. The zero-order chi connectivity index (χ0) is 13.0. The number of carbonyl (C=O) groups is 2. The van der Waals surface area contributed by atoms with E-state index < -0.39 is 22.6 Å². The lowest BCUT2D eigenvalue weighted by atomic mass is 10.2. The van der Waals surface area contributed by atoms with Crippen LogP contribution in [0.4, 0.5) is 10.5 Å². The first-order chi connectivity index (χ1) is 7.95. The van der Waals surface area contributed by atoms with E-state index in [9.17, 15) is 19.7 Å². The molecule has 0 atom stereocenters. The Labute approximate surface area is 107 Å². The van der Waals surface area contributed by atoms with E-state index in [1.165, 1.54) is 19.2 Å². The molecule has 0 saturated heterocycles. The maximum atomic E-state index is 11.3. The molecule has 0 radical (unpaired) electrons. The number of carboxylic acid groups (broad SMARTS) is 1. The molecule has 0 aliphatic heterocycles. The smallest absolute Gasteiger partial charge is 0.411 e. The number of benzene rings is 1. The van der Waals surface area contributed by atoms with E-state index in [0.29, 0.717) is 0 Å². The lowest BCUT2D eigenvalue weighted by Crippen LogP contribution is -2.28. The van der Waals surface area contributed by atoms with Crippen LogP contribution in [0.15, 0.2) is 18.2 Å². The van der Waals surface area contributed by atoms with Crippen LogP contribution in [0.2, 0.25) is 0 Å². The SMILES string of the molecule is COc1ccc(C(=O)NC(=O)O)cc1[N+](=O)[O-].Cl. The monoisotopic (exact) mass is 276 g/mol. The number of nitrogens with one attached hydrogen (secondary N) is 1. The van der Waals surface area contributed by atoms with Crippen LogP contribution in [-0.2, 0) is 0 Å². The van der Waals surface area contributed by atoms with Crippen LogP contribution in [0, 0.1) is 10.1 Å². The summed E-state index contributed by atoms with van der Waals surface area (Å²) < 4.78 is 4.73. The van der Waals surface area contributed by atoms with Gasteiger partial charge in [0, 0.05) is 11.6 Å². The highest BCUT2D eigenvalue weighted by molar-refractivity contribution is 6.02. The first kappa shape index (κ1) is 15.7. The van der Waals surface area contributed by atoms with Crippen molar-refractivity contribution in [2.45, 2.75) is 0 Å².